The van der Waals surface area contributed by atoms with Gasteiger partial charge in [-0.25, -0.2) is 9.07 Å². The van der Waals surface area contributed by atoms with Crippen molar-refractivity contribution in [1.82, 2.24) is 14.7 Å². The van der Waals surface area contributed by atoms with Gasteiger partial charge < -0.3 is 10.0 Å². The molecule has 0 saturated carbocycles. The second-order valence-corrected chi connectivity index (χ2v) is 6.21. The monoisotopic (exact) mass is 359 g/mol. The molecule has 1 aromatic carbocycles. The van der Waals surface area contributed by atoms with Crippen molar-refractivity contribution in [2.24, 2.45) is 5.92 Å². The van der Waals surface area contributed by atoms with Crippen molar-refractivity contribution < 1.29 is 19.1 Å². The number of piperidine rings is 1. The number of nitrogens with zero attached hydrogens (tertiary/aromatic N) is 3. The predicted molar refractivity (Wildman–Crippen MR) is 90.8 cm³/mol. The Kier molecular flexibility index (Phi) is 5.11. The SMILES string of the molecule is O=C(O)C1CCN(C(=O)Cn2nc(-c3ccc(F)cc3)ccc2=O)CC1. The lowest BCUT2D eigenvalue weighted by Gasteiger charge is -2.30. The number of benzene rings is 1. The molecule has 1 amide bonds. The van der Waals surface area contributed by atoms with Crippen LogP contribution in [0.15, 0.2) is 41.2 Å². The molecular formula is C18H18FN3O4. The van der Waals surface area contributed by atoms with Gasteiger partial charge in [-0.1, -0.05) is 0 Å². The summed E-state index contributed by atoms with van der Waals surface area (Å²) in [6.45, 7) is 0.482. The smallest absolute Gasteiger partial charge is 0.306 e. The highest BCUT2D eigenvalue weighted by atomic mass is 19.1. The number of aliphatic carboxylic acids is 1. The third-order valence-electron chi connectivity index (χ3n) is 4.49. The van der Waals surface area contributed by atoms with Gasteiger partial charge in [-0.2, -0.15) is 5.10 Å². The molecule has 7 nitrogen and oxygen atoms in total. The average Bonchev–Trinajstić information content (AvgIpc) is 2.64. The lowest BCUT2D eigenvalue weighted by atomic mass is 9.97. The standard InChI is InChI=1S/C18H18FN3O4/c19-14-3-1-12(2-4-14)15-5-6-16(23)22(20-15)11-17(24)21-9-7-13(8-10-21)18(25)26/h1-6,13H,7-11H2,(H,25,26). The molecule has 0 aliphatic carbocycles. The maximum Gasteiger partial charge on any atom is 0.306 e. The normalized spacial score (nSPS) is 15.0. The Morgan fingerprint density at radius 3 is 2.38 bits per heavy atom. The first-order valence-electron chi connectivity index (χ1n) is 8.29. The minimum Gasteiger partial charge on any atom is -0.481 e. The van der Waals surface area contributed by atoms with Crippen LogP contribution < -0.4 is 5.56 Å². The summed E-state index contributed by atoms with van der Waals surface area (Å²) in [4.78, 5) is 37.0. The number of rotatable bonds is 4. The lowest BCUT2D eigenvalue weighted by Crippen LogP contribution is -2.43. The van der Waals surface area contributed by atoms with E-state index in [0.29, 0.717) is 37.2 Å². The molecular weight excluding hydrogens is 341 g/mol. The zero-order valence-corrected chi connectivity index (χ0v) is 14.0. The molecule has 0 radical (unpaired) electrons. The summed E-state index contributed by atoms with van der Waals surface area (Å²) in [5, 5.41) is 13.2. The van der Waals surface area contributed by atoms with Crippen LogP contribution in [-0.2, 0) is 16.1 Å². The number of likely N-dealkylation sites (tertiary alicyclic amines) is 1. The summed E-state index contributed by atoms with van der Waals surface area (Å²) in [6, 6.07) is 8.52. The van der Waals surface area contributed by atoms with Crippen LogP contribution in [0.5, 0.6) is 0 Å². The Morgan fingerprint density at radius 2 is 1.77 bits per heavy atom. The largest absolute Gasteiger partial charge is 0.481 e. The van der Waals surface area contributed by atoms with Crippen molar-refractivity contribution in [3.63, 3.8) is 0 Å². The Labute approximate surface area is 148 Å². The van der Waals surface area contributed by atoms with E-state index in [1.165, 1.54) is 24.3 Å². The van der Waals surface area contributed by atoms with Crippen LogP contribution in [0.2, 0.25) is 0 Å². The van der Waals surface area contributed by atoms with E-state index in [1.807, 2.05) is 0 Å². The lowest BCUT2D eigenvalue weighted by molar-refractivity contribution is -0.145. The number of carboxylic acids is 1. The van der Waals surface area contributed by atoms with Crippen molar-refractivity contribution in [1.29, 1.82) is 0 Å². The number of halogens is 1. The highest BCUT2D eigenvalue weighted by Crippen LogP contribution is 2.18. The minimum absolute atomic E-state index is 0.217. The van der Waals surface area contributed by atoms with Crippen LogP contribution in [0.1, 0.15) is 12.8 Å². The molecule has 1 aliphatic rings. The van der Waals surface area contributed by atoms with Crippen molar-refractivity contribution >= 4 is 11.9 Å². The molecule has 2 heterocycles. The second kappa shape index (κ2) is 7.47. The van der Waals surface area contributed by atoms with Crippen LogP contribution >= 0.6 is 0 Å². The molecule has 1 fully saturated rings. The van der Waals surface area contributed by atoms with Crippen molar-refractivity contribution in [3.05, 3.63) is 52.6 Å². The van der Waals surface area contributed by atoms with Crippen LogP contribution in [-0.4, -0.2) is 44.8 Å². The predicted octanol–water partition coefficient (Wildman–Crippen LogP) is 1.37. The molecule has 3 rings (SSSR count). The number of carbonyl (C=O) groups excluding carboxylic acids is 1. The Hall–Kier alpha value is -3.03. The van der Waals surface area contributed by atoms with Gasteiger partial charge in [0.05, 0.1) is 11.6 Å². The van der Waals surface area contributed by atoms with E-state index >= 15 is 0 Å². The van der Waals surface area contributed by atoms with Crippen LogP contribution in [0.25, 0.3) is 11.3 Å². The number of hydrogen-bond acceptors (Lipinski definition) is 4. The number of carbonyl (C=O) groups is 2. The maximum atomic E-state index is 13.0. The van der Waals surface area contributed by atoms with E-state index in [1.54, 1.807) is 17.0 Å². The maximum absolute atomic E-state index is 13.0. The van der Waals surface area contributed by atoms with Gasteiger partial charge in [0.2, 0.25) is 5.91 Å². The Bertz CT molecular complexity index is 871. The molecule has 2 aromatic rings. The number of aromatic nitrogens is 2. The molecule has 26 heavy (non-hydrogen) atoms. The van der Waals surface area contributed by atoms with Gasteiger partial charge in [0.1, 0.15) is 12.4 Å². The summed E-state index contributed by atoms with van der Waals surface area (Å²) < 4.78 is 14.1. The van der Waals surface area contributed by atoms with Crippen LogP contribution in [0, 0.1) is 11.7 Å². The fourth-order valence-corrected chi connectivity index (χ4v) is 2.94. The summed E-state index contributed by atoms with van der Waals surface area (Å²) in [7, 11) is 0. The topological polar surface area (TPSA) is 92.5 Å². The molecule has 1 saturated heterocycles. The van der Waals surface area contributed by atoms with Crippen molar-refractivity contribution in [3.8, 4) is 11.3 Å². The van der Waals surface area contributed by atoms with Gasteiger partial charge in [-0.3, -0.25) is 14.4 Å². The number of hydrogen-bond donors (Lipinski definition) is 1. The molecule has 8 heteroatoms. The van der Waals surface area contributed by atoms with Crippen molar-refractivity contribution in [2.45, 2.75) is 19.4 Å². The van der Waals surface area contributed by atoms with Gasteiger partial charge in [0.15, 0.2) is 0 Å². The van der Waals surface area contributed by atoms with E-state index < -0.39 is 17.4 Å². The third kappa shape index (κ3) is 3.96. The highest BCUT2D eigenvalue weighted by molar-refractivity contribution is 5.77. The first-order valence-corrected chi connectivity index (χ1v) is 8.29. The molecule has 1 aliphatic heterocycles. The van der Waals surface area contributed by atoms with E-state index in [2.05, 4.69) is 5.10 Å². The summed E-state index contributed by atoms with van der Waals surface area (Å²) in [6.07, 6.45) is 0.804. The fourth-order valence-electron chi connectivity index (χ4n) is 2.94. The first kappa shape index (κ1) is 17.8. The Balaban J connectivity index is 1.72. The Morgan fingerprint density at radius 1 is 1.12 bits per heavy atom. The van der Waals surface area contributed by atoms with E-state index in [-0.39, 0.29) is 18.3 Å². The molecule has 0 unspecified atom stereocenters. The van der Waals surface area contributed by atoms with Gasteiger partial charge in [0.25, 0.3) is 5.56 Å². The van der Waals surface area contributed by atoms with Gasteiger partial charge in [-0.15, -0.1) is 0 Å². The van der Waals surface area contributed by atoms with E-state index in [9.17, 15) is 18.8 Å². The molecule has 0 bridgehead atoms. The first-order chi connectivity index (χ1) is 12.4. The molecule has 1 N–H and O–H groups in total. The summed E-state index contributed by atoms with van der Waals surface area (Å²) in [5.74, 6) is -1.93. The fraction of sp³-hybridized carbons (Fsp3) is 0.333. The molecule has 1 aromatic heterocycles. The molecule has 136 valence electrons. The van der Waals surface area contributed by atoms with Crippen LogP contribution in [0.4, 0.5) is 4.39 Å². The van der Waals surface area contributed by atoms with Crippen molar-refractivity contribution in [2.75, 3.05) is 13.1 Å². The van der Waals surface area contributed by atoms with Gasteiger partial charge in [0, 0.05) is 24.7 Å². The molecule has 0 spiro atoms. The summed E-state index contributed by atoms with van der Waals surface area (Å²) >= 11 is 0. The summed E-state index contributed by atoms with van der Waals surface area (Å²) in [5.41, 5.74) is 0.682. The number of amides is 1. The molecule has 0 atom stereocenters. The zero-order chi connectivity index (χ0) is 18.7. The minimum atomic E-state index is -0.845. The second-order valence-electron chi connectivity index (χ2n) is 6.21. The van der Waals surface area contributed by atoms with Gasteiger partial charge in [-0.05, 0) is 43.2 Å². The average molecular weight is 359 g/mol. The van der Waals surface area contributed by atoms with Gasteiger partial charge >= 0.3 is 5.97 Å². The number of carboxylic acid groups (broad SMARTS) is 1. The van der Waals surface area contributed by atoms with E-state index in [0.717, 1.165) is 4.68 Å². The third-order valence-corrected chi connectivity index (χ3v) is 4.49. The van der Waals surface area contributed by atoms with Crippen LogP contribution in [0.3, 0.4) is 0 Å². The quantitative estimate of drug-likeness (QED) is 0.890. The highest BCUT2D eigenvalue weighted by Gasteiger charge is 2.27. The zero-order valence-electron chi connectivity index (χ0n) is 14.0. The van der Waals surface area contributed by atoms with E-state index in [4.69, 9.17) is 5.11 Å².